The first-order valence-electron chi connectivity index (χ1n) is 9.18. The van der Waals surface area contributed by atoms with Crippen molar-refractivity contribution in [3.63, 3.8) is 0 Å². The summed E-state index contributed by atoms with van der Waals surface area (Å²) >= 11 is 6.02. The number of rotatable bonds is 4. The summed E-state index contributed by atoms with van der Waals surface area (Å²) in [6.45, 7) is 4.01. The van der Waals surface area contributed by atoms with E-state index in [-0.39, 0.29) is 11.7 Å². The minimum Gasteiger partial charge on any atom is -0.319 e. The van der Waals surface area contributed by atoms with Crippen molar-refractivity contribution in [2.45, 2.75) is 13.8 Å². The van der Waals surface area contributed by atoms with Gasteiger partial charge in [-0.25, -0.2) is 9.67 Å². The van der Waals surface area contributed by atoms with Gasteiger partial charge in [-0.2, -0.15) is 0 Å². The Labute approximate surface area is 174 Å². The van der Waals surface area contributed by atoms with Crippen LogP contribution in [0, 0.1) is 13.8 Å². The number of carbonyl (C=O) groups excluding carboxylic acids is 1. The summed E-state index contributed by atoms with van der Waals surface area (Å²) in [5.74, 6) is 0.317. The smallest absolute Gasteiger partial charge is 0.295 e. The van der Waals surface area contributed by atoms with E-state index in [0.29, 0.717) is 16.5 Å². The number of halogens is 1. The van der Waals surface area contributed by atoms with Gasteiger partial charge in [0.15, 0.2) is 5.82 Å². The van der Waals surface area contributed by atoms with Gasteiger partial charge < -0.3 is 5.32 Å². The Balaban J connectivity index is 1.75. The Hall–Kier alpha value is -3.44. The molecule has 1 amide bonds. The first-order chi connectivity index (χ1) is 14.0. The third-order valence-corrected chi connectivity index (χ3v) is 4.72. The van der Waals surface area contributed by atoms with Crippen LogP contribution in [-0.4, -0.2) is 20.7 Å². The molecule has 0 saturated carbocycles. The summed E-state index contributed by atoms with van der Waals surface area (Å²) in [6, 6.07) is 22.8. The molecule has 0 aliphatic carbocycles. The highest BCUT2D eigenvalue weighted by Crippen LogP contribution is 2.23. The van der Waals surface area contributed by atoms with Crippen molar-refractivity contribution in [3.05, 3.63) is 94.8 Å². The third kappa shape index (κ3) is 4.20. The van der Waals surface area contributed by atoms with Crippen LogP contribution in [0.1, 0.15) is 21.7 Å². The lowest BCUT2D eigenvalue weighted by molar-refractivity contribution is 0.101. The van der Waals surface area contributed by atoms with E-state index in [9.17, 15) is 4.79 Å². The molecule has 0 radical (unpaired) electrons. The van der Waals surface area contributed by atoms with Crippen LogP contribution in [0.4, 0.5) is 5.69 Å². The van der Waals surface area contributed by atoms with Crippen LogP contribution in [-0.2, 0) is 0 Å². The van der Waals surface area contributed by atoms with E-state index in [1.807, 2.05) is 74.5 Å². The lowest BCUT2D eigenvalue weighted by atomic mass is 10.1. The van der Waals surface area contributed by atoms with Crippen LogP contribution >= 0.6 is 11.6 Å². The molecule has 1 heterocycles. The number of nitrogens with one attached hydrogen (secondary N) is 1. The number of carbonyl (C=O) groups is 1. The molecule has 29 heavy (non-hydrogen) atoms. The number of nitrogens with zero attached hydrogens (tertiary/aromatic N) is 3. The maximum Gasteiger partial charge on any atom is 0.295 e. The normalized spacial score (nSPS) is 10.7. The highest BCUT2D eigenvalue weighted by atomic mass is 35.5. The predicted molar refractivity (Wildman–Crippen MR) is 116 cm³/mol. The largest absolute Gasteiger partial charge is 0.319 e. The molecule has 3 aromatic carbocycles. The van der Waals surface area contributed by atoms with Gasteiger partial charge in [-0.15, -0.1) is 5.10 Å². The minimum atomic E-state index is -0.365. The number of hydrogen-bond acceptors (Lipinski definition) is 3. The fraction of sp³-hybridized carbons (Fsp3) is 0.0870. The third-order valence-electron chi connectivity index (χ3n) is 4.47. The van der Waals surface area contributed by atoms with Crippen LogP contribution < -0.4 is 5.32 Å². The predicted octanol–water partition coefficient (Wildman–Crippen LogP) is 5.46. The molecule has 4 aromatic rings. The molecule has 4 rings (SSSR count). The average Bonchev–Trinajstić information content (AvgIpc) is 3.16. The lowest BCUT2D eigenvalue weighted by Crippen LogP contribution is -2.14. The summed E-state index contributed by atoms with van der Waals surface area (Å²) in [4.78, 5) is 17.3. The molecule has 0 unspecified atom stereocenters. The number of anilines is 1. The quantitative estimate of drug-likeness (QED) is 0.493. The van der Waals surface area contributed by atoms with Crippen molar-refractivity contribution < 1.29 is 4.79 Å². The Morgan fingerprint density at radius 3 is 2.34 bits per heavy atom. The van der Waals surface area contributed by atoms with Gasteiger partial charge in [-0.1, -0.05) is 53.1 Å². The molecule has 0 spiro atoms. The summed E-state index contributed by atoms with van der Waals surface area (Å²) in [6.07, 6.45) is 0. The van der Waals surface area contributed by atoms with E-state index >= 15 is 0 Å². The zero-order valence-electron chi connectivity index (χ0n) is 16.1. The number of aromatic nitrogens is 3. The topological polar surface area (TPSA) is 59.8 Å². The molecular weight excluding hydrogens is 384 g/mol. The maximum atomic E-state index is 12.8. The lowest BCUT2D eigenvalue weighted by Gasteiger charge is -2.06. The van der Waals surface area contributed by atoms with Crippen molar-refractivity contribution in [3.8, 4) is 17.1 Å². The van der Waals surface area contributed by atoms with Gasteiger partial charge in [0.25, 0.3) is 5.91 Å². The van der Waals surface area contributed by atoms with E-state index < -0.39 is 0 Å². The van der Waals surface area contributed by atoms with Crippen LogP contribution in [0.5, 0.6) is 0 Å². The Kier molecular flexibility index (Phi) is 5.14. The van der Waals surface area contributed by atoms with Crippen molar-refractivity contribution in [2.75, 3.05) is 5.32 Å². The monoisotopic (exact) mass is 402 g/mol. The van der Waals surface area contributed by atoms with Gasteiger partial charge in [0.05, 0.1) is 5.69 Å². The first-order valence-corrected chi connectivity index (χ1v) is 9.55. The standard InChI is InChI=1S/C23H19ClN4O/c1-15-6-10-19(11-7-15)25-23(29)21-26-22(17-5-3-4-16(2)14-17)28(27-21)20-12-8-18(24)9-13-20/h3-14H,1-2H3,(H,25,29). The fourth-order valence-corrected chi connectivity index (χ4v) is 3.09. The van der Waals surface area contributed by atoms with Gasteiger partial charge in [-0.3, -0.25) is 4.79 Å². The van der Waals surface area contributed by atoms with Crippen LogP contribution in [0.25, 0.3) is 17.1 Å². The van der Waals surface area contributed by atoms with Crippen molar-refractivity contribution in [1.29, 1.82) is 0 Å². The minimum absolute atomic E-state index is 0.0945. The van der Waals surface area contributed by atoms with E-state index in [1.165, 1.54) is 0 Å². The summed E-state index contributed by atoms with van der Waals surface area (Å²) in [7, 11) is 0. The summed E-state index contributed by atoms with van der Waals surface area (Å²) < 4.78 is 1.66. The first kappa shape index (κ1) is 18.9. The second kappa shape index (κ2) is 7.89. The van der Waals surface area contributed by atoms with Crippen LogP contribution in [0.2, 0.25) is 5.02 Å². The van der Waals surface area contributed by atoms with Gasteiger partial charge >= 0.3 is 0 Å². The van der Waals surface area contributed by atoms with Gasteiger partial charge in [0.1, 0.15) is 0 Å². The Morgan fingerprint density at radius 2 is 1.66 bits per heavy atom. The molecule has 0 aliphatic heterocycles. The maximum absolute atomic E-state index is 12.8. The van der Waals surface area contributed by atoms with Crippen LogP contribution in [0.3, 0.4) is 0 Å². The zero-order chi connectivity index (χ0) is 20.4. The van der Waals surface area contributed by atoms with Crippen LogP contribution in [0.15, 0.2) is 72.8 Å². The highest BCUT2D eigenvalue weighted by Gasteiger charge is 2.19. The van der Waals surface area contributed by atoms with E-state index in [4.69, 9.17) is 11.6 Å². The summed E-state index contributed by atoms with van der Waals surface area (Å²) in [5, 5.41) is 7.96. The molecule has 6 heteroatoms. The number of amides is 1. The number of benzene rings is 3. The number of hydrogen-bond donors (Lipinski definition) is 1. The highest BCUT2D eigenvalue weighted by molar-refractivity contribution is 6.30. The van der Waals surface area contributed by atoms with Crippen molar-refractivity contribution in [1.82, 2.24) is 14.8 Å². The van der Waals surface area contributed by atoms with Gasteiger partial charge in [0.2, 0.25) is 5.82 Å². The fourth-order valence-electron chi connectivity index (χ4n) is 2.97. The Bertz CT molecular complexity index is 1160. The SMILES string of the molecule is Cc1ccc(NC(=O)c2nc(-c3cccc(C)c3)n(-c3ccc(Cl)cc3)n2)cc1. The molecule has 5 nitrogen and oxygen atoms in total. The molecule has 0 atom stereocenters. The Morgan fingerprint density at radius 1 is 0.931 bits per heavy atom. The van der Waals surface area contributed by atoms with E-state index in [0.717, 1.165) is 22.4 Å². The zero-order valence-corrected chi connectivity index (χ0v) is 16.8. The van der Waals surface area contributed by atoms with E-state index in [2.05, 4.69) is 15.4 Å². The molecule has 0 bridgehead atoms. The van der Waals surface area contributed by atoms with E-state index in [1.54, 1.807) is 16.8 Å². The number of aryl methyl sites for hydroxylation is 2. The summed E-state index contributed by atoms with van der Waals surface area (Å²) in [5.41, 5.74) is 4.56. The molecular formula is C23H19ClN4O. The molecule has 0 fully saturated rings. The van der Waals surface area contributed by atoms with Gasteiger partial charge in [-0.05, 0) is 56.3 Å². The van der Waals surface area contributed by atoms with Gasteiger partial charge in [0, 0.05) is 16.3 Å². The second-order valence-corrected chi connectivity index (χ2v) is 7.27. The molecule has 0 aliphatic rings. The van der Waals surface area contributed by atoms with Crippen molar-refractivity contribution >= 4 is 23.2 Å². The molecule has 1 N–H and O–H groups in total. The molecule has 1 aromatic heterocycles. The second-order valence-electron chi connectivity index (χ2n) is 6.84. The van der Waals surface area contributed by atoms with Crippen molar-refractivity contribution in [2.24, 2.45) is 0 Å². The molecule has 0 saturated heterocycles. The average molecular weight is 403 g/mol. The molecule has 144 valence electrons.